The van der Waals surface area contributed by atoms with Crippen LogP contribution in [0.4, 0.5) is 5.82 Å². The van der Waals surface area contributed by atoms with E-state index >= 15 is 0 Å². The summed E-state index contributed by atoms with van der Waals surface area (Å²) < 4.78 is 0. The van der Waals surface area contributed by atoms with Gasteiger partial charge < -0.3 is 4.90 Å². The highest BCUT2D eigenvalue weighted by atomic mass is 35.5. The van der Waals surface area contributed by atoms with Gasteiger partial charge in [-0.25, -0.2) is 9.97 Å². The first-order chi connectivity index (χ1) is 7.95. The molecular formula is C13H22ClN3. The molecular weight excluding hydrogens is 234 g/mol. The zero-order valence-corrected chi connectivity index (χ0v) is 12.1. The van der Waals surface area contributed by atoms with Crippen LogP contribution in [0.5, 0.6) is 0 Å². The third-order valence-electron chi connectivity index (χ3n) is 2.94. The second-order valence-corrected chi connectivity index (χ2v) is 5.20. The zero-order chi connectivity index (χ0) is 13.0. The molecule has 0 N–H and O–H groups in total. The summed E-state index contributed by atoms with van der Waals surface area (Å²) in [4.78, 5) is 11.0. The Balaban J connectivity index is 2.96. The van der Waals surface area contributed by atoms with Crippen LogP contribution in [-0.4, -0.2) is 23.1 Å². The molecule has 1 rings (SSSR count). The lowest BCUT2D eigenvalue weighted by Gasteiger charge is -2.26. The number of aromatic nitrogens is 2. The summed E-state index contributed by atoms with van der Waals surface area (Å²) in [7, 11) is 2.06. The standard InChI is InChI=1S/C13H22ClN3/c1-6-7-10(4)17(5)12-8-11(14)15-13(16-12)9(2)3/h8-10H,6-7H2,1-5H3. The van der Waals surface area contributed by atoms with Gasteiger partial charge in [0.15, 0.2) is 0 Å². The van der Waals surface area contributed by atoms with E-state index in [2.05, 4.69) is 49.6 Å². The number of halogens is 1. The van der Waals surface area contributed by atoms with Gasteiger partial charge in [0, 0.05) is 25.1 Å². The highest BCUT2D eigenvalue weighted by molar-refractivity contribution is 6.29. The molecule has 1 aromatic rings. The maximum Gasteiger partial charge on any atom is 0.135 e. The van der Waals surface area contributed by atoms with Gasteiger partial charge in [-0.05, 0) is 13.3 Å². The van der Waals surface area contributed by atoms with Crippen molar-refractivity contribution in [3.63, 3.8) is 0 Å². The number of rotatable bonds is 5. The third kappa shape index (κ3) is 3.84. The summed E-state index contributed by atoms with van der Waals surface area (Å²) in [5.41, 5.74) is 0. The molecule has 0 radical (unpaired) electrons. The van der Waals surface area contributed by atoms with E-state index in [0.29, 0.717) is 17.1 Å². The van der Waals surface area contributed by atoms with E-state index in [4.69, 9.17) is 11.6 Å². The lowest BCUT2D eigenvalue weighted by Crippen LogP contribution is -2.29. The van der Waals surface area contributed by atoms with Gasteiger partial charge in [0.05, 0.1) is 0 Å². The van der Waals surface area contributed by atoms with Gasteiger partial charge in [-0.2, -0.15) is 0 Å². The number of nitrogens with zero attached hydrogens (tertiary/aromatic N) is 3. The molecule has 0 aliphatic rings. The van der Waals surface area contributed by atoms with Crippen molar-refractivity contribution in [1.82, 2.24) is 9.97 Å². The van der Waals surface area contributed by atoms with Gasteiger partial charge in [0.1, 0.15) is 16.8 Å². The fourth-order valence-electron chi connectivity index (χ4n) is 1.70. The lowest BCUT2D eigenvalue weighted by molar-refractivity contribution is 0.608. The Kier molecular flexibility index (Phi) is 5.19. The molecule has 0 fully saturated rings. The quantitative estimate of drug-likeness (QED) is 0.748. The molecule has 3 nitrogen and oxygen atoms in total. The van der Waals surface area contributed by atoms with Gasteiger partial charge in [-0.15, -0.1) is 0 Å². The van der Waals surface area contributed by atoms with Crippen molar-refractivity contribution in [3.8, 4) is 0 Å². The van der Waals surface area contributed by atoms with E-state index in [0.717, 1.165) is 18.1 Å². The number of hydrogen-bond donors (Lipinski definition) is 0. The number of hydrogen-bond acceptors (Lipinski definition) is 3. The molecule has 0 saturated heterocycles. The van der Waals surface area contributed by atoms with E-state index in [9.17, 15) is 0 Å². The van der Waals surface area contributed by atoms with Crippen molar-refractivity contribution in [3.05, 3.63) is 17.0 Å². The van der Waals surface area contributed by atoms with Crippen molar-refractivity contribution >= 4 is 17.4 Å². The Morgan fingerprint density at radius 1 is 1.29 bits per heavy atom. The van der Waals surface area contributed by atoms with Gasteiger partial charge in [-0.3, -0.25) is 0 Å². The van der Waals surface area contributed by atoms with Crippen LogP contribution in [0.15, 0.2) is 6.07 Å². The molecule has 4 heteroatoms. The Bertz CT molecular complexity index is 366. The summed E-state index contributed by atoms with van der Waals surface area (Å²) in [6.45, 7) is 8.54. The van der Waals surface area contributed by atoms with Crippen LogP contribution in [0.2, 0.25) is 5.15 Å². The first kappa shape index (κ1) is 14.2. The summed E-state index contributed by atoms with van der Waals surface area (Å²) in [5.74, 6) is 2.01. The van der Waals surface area contributed by atoms with E-state index in [1.807, 2.05) is 6.07 Å². The van der Waals surface area contributed by atoms with Crippen LogP contribution >= 0.6 is 11.6 Å². The van der Waals surface area contributed by atoms with Gasteiger partial charge >= 0.3 is 0 Å². The van der Waals surface area contributed by atoms with Crippen molar-refractivity contribution in [1.29, 1.82) is 0 Å². The second kappa shape index (κ2) is 6.20. The number of anilines is 1. The summed E-state index contributed by atoms with van der Waals surface area (Å²) in [5, 5.41) is 0.522. The van der Waals surface area contributed by atoms with Crippen LogP contribution in [-0.2, 0) is 0 Å². The molecule has 0 aliphatic heterocycles. The first-order valence-corrected chi connectivity index (χ1v) is 6.60. The fraction of sp³-hybridized carbons (Fsp3) is 0.692. The third-order valence-corrected chi connectivity index (χ3v) is 3.14. The first-order valence-electron chi connectivity index (χ1n) is 6.23. The molecule has 1 heterocycles. The van der Waals surface area contributed by atoms with Gasteiger partial charge in [0.25, 0.3) is 0 Å². The van der Waals surface area contributed by atoms with Crippen molar-refractivity contribution in [2.45, 2.75) is 52.5 Å². The summed E-state index contributed by atoms with van der Waals surface area (Å²) in [6.07, 6.45) is 2.32. The van der Waals surface area contributed by atoms with Crippen LogP contribution in [0.25, 0.3) is 0 Å². The highest BCUT2D eigenvalue weighted by Gasteiger charge is 2.14. The minimum atomic E-state index is 0.294. The minimum Gasteiger partial charge on any atom is -0.357 e. The summed E-state index contributed by atoms with van der Waals surface area (Å²) >= 11 is 6.04. The SMILES string of the molecule is CCCC(C)N(C)c1cc(Cl)nc(C(C)C)n1. The highest BCUT2D eigenvalue weighted by Crippen LogP contribution is 2.21. The Morgan fingerprint density at radius 3 is 2.47 bits per heavy atom. The summed E-state index contributed by atoms with van der Waals surface area (Å²) in [6, 6.07) is 2.30. The fourth-order valence-corrected chi connectivity index (χ4v) is 1.88. The molecule has 96 valence electrons. The van der Waals surface area contributed by atoms with E-state index < -0.39 is 0 Å². The Labute approximate surface area is 109 Å². The van der Waals surface area contributed by atoms with Crippen molar-refractivity contribution in [2.24, 2.45) is 0 Å². The minimum absolute atomic E-state index is 0.294. The smallest absolute Gasteiger partial charge is 0.135 e. The van der Waals surface area contributed by atoms with Crippen molar-refractivity contribution in [2.75, 3.05) is 11.9 Å². The maximum absolute atomic E-state index is 6.04. The molecule has 0 spiro atoms. The molecule has 0 aliphatic carbocycles. The second-order valence-electron chi connectivity index (χ2n) is 4.81. The normalized spacial score (nSPS) is 12.9. The predicted octanol–water partition coefficient (Wildman–Crippen LogP) is 3.88. The van der Waals surface area contributed by atoms with Crippen LogP contribution in [0, 0.1) is 0 Å². The molecule has 1 atom stereocenters. The predicted molar refractivity (Wildman–Crippen MR) is 73.9 cm³/mol. The Hall–Kier alpha value is -0.830. The molecule has 1 aromatic heterocycles. The largest absolute Gasteiger partial charge is 0.357 e. The molecule has 0 aromatic carbocycles. The monoisotopic (exact) mass is 255 g/mol. The van der Waals surface area contributed by atoms with E-state index in [1.54, 1.807) is 0 Å². The van der Waals surface area contributed by atoms with Crippen molar-refractivity contribution < 1.29 is 0 Å². The van der Waals surface area contributed by atoms with Crippen LogP contribution < -0.4 is 4.90 Å². The van der Waals surface area contributed by atoms with E-state index in [1.165, 1.54) is 6.42 Å². The van der Waals surface area contributed by atoms with Gasteiger partial charge in [0.2, 0.25) is 0 Å². The zero-order valence-electron chi connectivity index (χ0n) is 11.4. The van der Waals surface area contributed by atoms with Crippen LogP contribution in [0.3, 0.4) is 0 Å². The topological polar surface area (TPSA) is 29.0 Å². The Morgan fingerprint density at radius 2 is 1.94 bits per heavy atom. The molecule has 0 saturated carbocycles. The molecule has 0 bridgehead atoms. The maximum atomic E-state index is 6.04. The van der Waals surface area contributed by atoms with Gasteiger partial charge in [-0.1, -0.05) is 38.8 Å². The average molecular weight is 256 g/mol. The molecule has 0 amide bonds. The molecule has 17 heavy (non-hydrogen) atoms. The lowest BCUT2D eigenvalue weighted by atomic mass is 10.1. The van der Waals surface area contributed by atoms with Crippen LogP contribution in [0.1, 0.15) is 52.3 Å². The molecule has 1 unspecified atom stereocenters. The van der Waals surface area contributed by atoms with E-state index in [-0.39, 0.29) is 0 Å². The average Bonchev–Trinajstić information content (AvgIpc) is 2.27.